The monoisotopic (exact) mass is 428 g/mol. The first-order valence-corrected chi connectivity index (χ1v) is 11.0. The van der Waals surface area contributed by atoms with Crippen molar-refractivity contribution in [2.45, 2.75) is 32.2 Å². The lowest BCUT2D eigenvalue weighted by atomic mass is 10.0. The van der Waals surface area contributed by atoms with Gasteiger partial charge in [-0.3, -0.25) is 9.78 Å². The highest BCUT2D eigenvalue weighted by Crippen LogP contribution is 2.31. The van der Waals surface area contributed by atoms with Crippen LogP contribution in [0.1, 0.15) is 48.1 Å². The maximum Gasteiger partial charge on any atom is 0.253 e. The van der Waals surface area contributed by atoms with Crippen LogP contribution < -0.4 is 0 Å². The molecule has 32 heavy (non-hydrogen) atoms. The average molecular weight is 429 g/mol. The van der Waals surface area contributed by atoms with E-state index in [0.717, 1.165) is 35.4 Å². The molecule has 3 heterocycles. The zero-order valence-electron chi connectivity index (χ0n) is 18.2. The van der Waals surface area contributed by atoms with Crippen molar-refractivity contribution in [3.8, 4) is 11.4 Å². The topological polar surface area (TPSA) is 51.0 Å². The highest BCUT2D eigenvalue weighted by molar-refractivity contribution is 5.98. The number of hydrogen-bond donors (Lipinski definition) is 0. The van der Waals surface area contributed by atoms with E-state index in [4.69, 9.17) is 4.98 Å². The molecule has 1 aliphatic rings. The van der Waals surface area contributed by atoms with Gasteiger partial charge in [0.05, 0.1) is 11.0 Å². The van der Waals surface area contributed by atoms with Crippen LogP contribution in [0.15, 0.2) is 67.0 Å². The standard InChI is InChI=1S/C26H25FN4O/c1-17(2)31-24-10-7-19(14-23(24)29-25(31)18-5-8-22(27)9-6-18)26(32)30-13-11-21(16-30)20-4-3-12-28-15-20/h3-10,12,14-15,17,21H,11,13,16H2,1-2H3. The molecule has 1 aliphatic heterocycles. The number of rotatable bonds is 4. The number of carbonyl (C=O) groups excluding carboxylic acids is 1. The van der Waals surface area contributed by atoms with Crippen molar-refractivity contribution < 1.29 is 9.18 Å². The summed E-state index contributed by atoms with van der Waals surface area (Å²) >= 11 is 0. The van der Waals surface area contributed by atoms with Gasteiger partial charge in [0, 0.05) is 48.6 Å². The van der Waals surface area contributed by atoms with Crippen molar-refractivity contribution in [2.75, 3.05) is 13.1 Å². The van der Waals surface area contributed by atoms with Gasteiger partial charge in [-0.15, -0.1) is 0 Å². The van der Waals surface area contributed by atoms with E-state index in [2.05, 4.69) is 29.5 Å². The lowest BCUT2D eigenvalue weighted by Gasteiger charge is -2.17. The molecule has 0 spiro atoms. The number of halogens is 1. The predicted octanol–water partition coefficient (Wildman–Crippen LogP) is 5.45. The van der Waals surface area contributed by atoms with Gasteiger partial charge in [-0.25, -0.2) is 9.37 Å². The highest BCUT2D eigenvalue weighted by atomic mass is 19.1. The molecule has 6 heteroatoms. The number of amides is 1. The van der Waals surface area contributed by atoms with Gasteiger partial charge in [0.15, 0.2) is 0 Å². The smallest absolute Gasteiger partial charge is 0.253 e. The number of imidazole rings is 1. The summed E-state index contributed by atoms with van der Waals surface area (Å²) in [6.07, 6.45) is 4.60. The SMILES string of the molecule is CC(C)n1c(-c2ccc(F)cc2)nc2cc(C(=O)N3CCC(c4cccnc4)C3)ccc21. The van der Waals surface area contributed by atoms with E-state index in [1.165, 1.54) is 17.7 Å². The second kappa shape index (κ2) is 8.19. The van der Waals surface area contributed by atoms with Crippen LogP contribution >= 0.6 is 0 Å². The summed E-state index contributed by atoms with van der Waals surface area (Å²) in [6, 6.07) is 16.3. The molecule has 2 aromatic heterocycles. The zero-order chi connectivity index (χ0) is 22.2. The minimum Gasteiger partial charge on any atom is -0.338 e. The molecule has 0 saturated carbocycles. The minimum atomic E-state index is -0.274. The quantitative estimate of drug-likeness (QED) is 0.434. The largest absolute Gasteiger partial charge is 0.338 e. The number of carbonyl (C=O) groups is 1. The first-order chi connectivity index (χ1) is 15.5. The number of fused-ring (bicyclic) bond motifs is 1. The van der Waals surface area contributed by atoms with E-state index in [9.17, 15) is 9.18 Å². The molecule has 5 nitrogen and oxygen atoms in total. The van der Waals surface area contributed by atoms with E-state index in [1.54, 1.807) is 18.3 Å². The fourth-order valence-corrected chi connectivity index (χ4v) is 4.57. The summed E-state index contributed by atoms with van der Waals surface area (Å²) in [6.45, 7) is 5.62. The van der Waals surface area contributed by atoms with Crippen LogP contribution in [0.4, 0.5) is 4.39 Å². The molecular weight excluding hydrogens is 403 g/mol. The maximum atomic E-state index is 13.4. The number of nitrogens with zero attached hydrogens (tertiary/aromatic N) is 4. The first-order valence-electron chi connectivity index (χ1n) is 11.0. The van der Waals surface area contributed by atoms with E-state index >= 15 is 0 Å². The summed E-state index contributed by atoms with van der Waals surface area (Å²) in [5.41, 5.74) is 4.40. The third-order valence-corrected chi connectivity index (χ3v) is 6.19. The molecule has 1 saturated heterocycles. The number of benzene rings is 2. The van der Waals surface area contributed by atoms with Crippen LogP contribution in [0.2, 0.25) is 0 Å². The Labute approximate surface area is 186 Å². The Morgan fingerprint density at radius 2 is 1.94 bits per heavy atom. The Bertz CT molecular complexity index is 1260. The van der Waals surface area contributed by atoms with Gasteiger partial charge in [0.1, 0.15) is 11.6 Å². The van der Waals surface area contributed by atoms with Gasteiger partial charge in [-0.05, 0) is 74.4 Å². The predicted molar refractivity (Wildman–Crippen MR) is 123 cm³/mol. The molecule has 1 unspecified atom stereocenters. The summed E-state index contributed by atoms with van der Waals surface area (Å²) in [5.74, 6) is 0.851. The van der Waals surface area contributed by atoms with E-state index in [1.807, 2.05) is 35.4 Å². The van der Waals surface area contributed by atoms with Crippen LogP contribution in [0.5, 0.6) is 0 Å². The van der Waals surface area contributed by atoms with Crippen molar-refractivity contribution in [2.24, 2.45) is 0 Å². The average Bonchev–Trinajstić information content (AvgIpc) is 3.44. The Morgan fingerprint density at radius 3 is 2.66 bits per heavy atom. The fourth-order valence-electron chi connectivity index (χ4n) is 4.57. The van der Waals surface area contributed by atoms with E-state index < -0.39 is 0 Å². The third-order valence-electron chi connectivity index (χ3n) is 6.19. The van der Waals surface area contributed by atoms with Crippen molar-refractivity contribution in [1.29, 1.82) is 0 Å². The minimum absolute atomic E-state index is 0.0284. The fraction of sp³-hybridized carbons (Fsp3) is 0.269. The van der Waals surface area contributed by atoms with Crippen LogP contribution in [-0.4, -0.2) is 38.4 Å². The normalized spacial score (nSPS) is 16.2. The highest BCUT2D eigenvalue weighted by Gasteiger charge is 2.28. The Morgan fingerprint density at radius 1 is 1.12 bits per heavy atom. The summed E-state index contributed by atoms with van der Waals surface area (Å²) in [4.78, 5) is 24.2. The van der Waals surface area contributed by atoms with Gasteiger partial charge < -0.3 is 9.47 Å². The summed E-state index contributed by atoms with van der Waals surface area (Å²) in [7, 11) is 0. The molecule has 0 N–H and O–H groups in total. The lowest BCUT2D eigenvalue weighted by molar-refractivity contribution is 0.0791. The van der Waals surface area contributed by atoms with E-state index in [0.29, 0.717) is 18.0 Å². The van der Waals surface area contributed by atoms with Crippen molar-refractivity contribution in [3.05, 3.63) is 83.9 Å². The molecule has 1 atom stereocenters. The second-order valence-corrected chi connectivity index (χ2v) is 8.63. The molecule has 4 aromatic rings. The Kier molecular flexibility index (Phi) is 5.21. The third kappa shape index (κ3) is 3.66. The Balaban J connectivity index is 1.46. The van der Waals surface area contributed by atoms with Crippen LogP contribution in [0.25, 0.3) is 22.4 Å². The van der Waals surface area contributed by atoms with Crippen molar-refractivity contribution >= 4 is 16.9 Å². The number of aromatic nitrogens is 3. The van der Waals surface area contributed by atoms with Crippen LogP contribution in [-0.2, 0) is 0 Å². The van der Waals surface area contributed by atoms with E-state index in [-0.39, 0.29) is 17.8 Å². The van der Waals surface area contributed by atoms with Crippen molar-refractivity contribution in [3.63, 3.8) is 0 Å². The van der Waals surface area contributed by atoms with Crippen molar-refractivity contribution in [1.82, 2.24) is 19.4 Å². The zero-order valence-corrected chi connectivity index (χ0v) is 18.2. The number of pyridine rings is 1. The molecule has 1 fully saturated rings. The first kappa shape index (κ1) is 20.4. The number of hydrogen-bond acceptors (Lipinski definition) is 3. The molecule has 1 amide bonds. The number of likely N-dealkylation sites (tertiary alicyclic amines) is 1. The molecule has 5 rings (SSSR count). The molecule has 2 aromatic carbocycles. The van der Waals surface area contributed by atoms with Gasteiger partial charge in [-0.2, -0.15) is 0 Å². The van der Waals surface area contributed by atoms with Gasteiger partial charge >= 0.3 is 0 Å². The maximum absolute atomic E-state index is 13.4. The lowest BCUT2D eigenvalue weighted by Crippen LogP contribution is -2.28. The van der Waals surface area contributed by atoms with Crippen LogP contribution in [0, 0.1) is 5.82 Å². The summed E-state index contributed by atoms with van der Waals surface area (Å²) in [5, 5.41) is 0. The summed E-state index contributed by atoms with van der Waals surface area (Å²) < 4.78 is 15.5. The molecule has 0 aliphatic carbocycles. The second-order valence-electron chi connectivity index (χ2n) is 8.63. The Hall–Kier alpha value is -3.54. The molecule has 0 bridgehead atoms. The molecular formula is C26H25FN4O. The van der Waals surface area contributed by atoms with Gasteiger partial charge in [-0.1, -0.05) is 6.07 Å². The molecule has 162 valence electrons. The van der Waals surface area contributed by atoms with Gasteiger partial charge in [0.25, 0.3) is 5.91 Å². The van der Waals surface area contributed by atoms with Gasteiger partial charge in [0.2, 0.25) is 0 Å². The molecule has 0 radical (unpaired) electrons. The van der Waals surface area contributed by atoms with Crippen LogP contribution in [0.3, 0.4) is 0 Å².